The second kappa shape index (κ2) is 9.16. The normalized spacial score (nSPS) is 14.7. The van der Waals surface area contributed by atoms with Gasteiger partial charge in [-0.05, 0) is 44.1 Å². The minimum absolute atomic E-state index is 0.0692. The lowest BCUT2D eigenvalue weighted by molar-refractivity contribution is -0.383. The molecule has 10 heteroatoms. The molecule has 0 atom stereocenters. The van der Waals surface area contributed by atoms with Gasteiger partial charge in [0, 0.05) is 18.1 Å². The van der Waals surface area contributed by atoms with Gasteiger partial charge in [0.2, 0.25) is 11.6 Å². The van der Waals surface area contributed by atoms with Crippen LogP contribution in [0.15, 0.2) is 24.5 Å². The van der Waals surface area contributed by atoms with E-state index in [0.717, 1.165) is 19.6 Å². The fourth-order valence-electron chi connectivity index (χ4n) is 3.01. The third kappa shape index (κ3) is 5.18. The lowest BCUT2D eigenvalue weighted by Gasteiger charge is -2.26. The Hall–Kier alpha value is -2.16. The van der Waals surface area contributed by atoms with Crippen molar-refractivity contribution in [2.75, 3.05) is 36.8 Å². The molecule has 1 saturated heterocycles. The van der Waals surface area contributed by atoms with Crippen LogP contribution in [0.1, 0.15) is 19.3 Å². The van der Waals surface area contributed by atoms with E-state index in [0.29, 0.717) is 22.3 Å². The number of nitrogens with one attached hydrogen (secondary N) is 2. The zero-order chi connectivity index (χ0) is 19.2. The number of benzene rings is 1. The van der Waals surface area contributed by atoms with Crippen LogP contribution in [0.2, 0.25) is 10.0 Å². The largest absolute Gasteiger partial charge is 0.363 e. The first-order chi connectivity index (χ1) is 13.0. The average molecular weight is 411 g/mol. The van der Waals surface area contributed by atoms with Gasteiger partial charge in [0.05, 0.1) is 15.6 Å². The van der Waals surface area contributed by atoms with Crippen molar-refractivity contribution in [3.05, 3.63) is 44.7 Å². The molecule has 1 aromatic carbocycles. The Kier molecular flexibility index (Phi) is 6.65. The second-order valence-corrected chi connectivity index (χ2v) is 7.10. The molecule has 1 aliphatic heterocycles. The Labute approximate surface area is 167 Å². The van der Waals surface area contributed by atoms with Crippen LogP contribution in [-0.4, -0.2) is 46.0 Å². The summed E-state index contributed by atoms with van der Waals surface area (Å²) in [7, 11) is 0. The van der Waals surface area contributed by atoms with Crippen LogP contribution in [0.4, 0.5) is 23.0 Å². The Morgan fingerprint density at radius 2 is 1.89 bits per heavy atom. The van der Waals surface area contributed by atoms with Crippen LogP contribution >= 0.6 is 23.2 Å². The average Bonchev–Trinajstić information content (AvgIpc) is 2.65. The maximum absolute atomic E-state index is 11.6. The third-order valence-electron chi connectivity index (χ3n) is 4.36. The summed E-state index contributed by atoms with van der Waals surface area (Å²) in [6, 6.07) is 4.83. The van der Waals surface area contributed by atoms with Crippen molar-refractivity contribution in [2.45, 2.75) is 19.3 Å². The van der Waals surface area contributed by atoms with Gasteiger partial charge >= 0.3 is 5.69 Å². The van der Waals surface area contributed by atoms with E-state index in [1.54, 1.807) is 18.2 Å². The fourth-order valence-corrected chi connectivity index (χ4v) is 3.46. The first-order valence-corrected chi connectivity index (χ1v) is 9.48. The van der Waals surface area contributed by atoms with Crippen molar-refractivity contribution in [1.82, 2.24) is 14.9 Å². The number of piperidine rings is 1. The van der Waals surface area contributed by atoms with Crippen LogP contribution in [-0.2, 0) is 0 Å². The standard InChI is InChI=1S/C17H20Cl2N6O2/c18-12-4-5-14(13(19)10-12)23-17-15(25(26)27)16(21-11-22-17)20-6-9-24-7-2-1-3-8-24/h4-5,10-11H,1-3,6-9H2,(H2,20,21,22,23). The molecule has 2 heterocycles. The summed E-state index contributed by atoms with van der Waals surface area (Å²) in [6.45, 7) is 3.51. The first-order valence-electron chi connectivity index (χ1n) is 8.72. The highest BCUT2D eigenvalue weighted by Gasteiger charge is 2.23. The highest BCUT2D eigenvalue weighted by atomic mass is 35.5. The topological polar surface area (TPSA) is 96.2 Å². The first kappa shape index (κ1) is 19.6. The van der Waals surface area contributed by atoms with Gasteiger partial charge in [0.25, 0.3) is 0 Å². The van der Waals surface area contributed by atoms with Gasteiger partial charge in [0.15, 0.2) is 0 Å². The van der Waals surface area contributed by atoms with Crippen molar-refractivity contribution in [1.29, 1.82) is 0 Å². The second-order valence-electron chi connectivity index (χ2n) is 6.25. The Morgan fingerprint density at radius 1 is 1.15 bits per heavy atom. The molecule has 0 amide bonds. The van der Waals surface area contributed by atoms with Gasteiger partial charge in [-0.2, -0.15) is 0 Å². The molecule has 8 nitrogen and oxygen atoms in total. The highest BCUT2D eigenvalue weighted by Crippen LogP contribution is 2.34. The van der Waals surface area contributed by atoms with E-state index in [1.165, 1.54) is 25.6 Å². The smallest absolute Gasteiger partial charge is 0.353 e. The number of hydrogen-bond acceptors (Lipinski definition) is 7. The molecule has 0 aliphatic carbocycles. The van der Waals surface area contributed by atoms with E-state index in [1.807, 2.05) is 0 Å². The van der Waals surface area contributed by atoms with Crippen LogP contribution < -0.4 is 10.6 Å². The summed E-state index contributed by atoms with van der Waals surface area (Å²) in [4.78, 5) is 21.5. The minimum Gasteiger partial charge on any atom is -0.363 e. The lowest BCUT2D eigenvalue weighted by Crippen LogP contribution is -2.33. The molecule has 0 spiro atoms. The molecule has 1 fully saturated rings. The minimum atomic E-state index is -0.505. The summed E-state index contributed by atoms with van der Waals surface area (Å²) in [5, 5.41) is 18.4. The number of nitrogens with zero attached hydrogens (tertiary/aromatic N) is 4. The van der Waals surface area contributed by atoms with E-state index >= 15 is 0 Å². The molecule has 0 bridgehead atoms. The van der Waals surface area contributed by atoms with E-state index < -0.39 is 4.92 Å². The monoisotopic (exact) mass is 410 g/mol. The van der Waals surface area contributed by atoms with E-state index in [4.69, 9.17) is 23.2 Å². The molecular formula is C17H20Cl2N6O2. The number of aromatic nitrogens is 2. The molecule has 1 aromatic heterocycles. The summed E-state index contributed by atoms with van der Waals surface area (Å²) in [5.74, 6) is 0.249. The third-order valence-corrected chi connectivity index (χ3v) is 4.91. The zero-order valence-corrected chi connectivity index (χ0v) is 16.1. The van der Waals surface area contributed by atoms with Crippen LogP contribution in [0.3, 0.4) is 0 Å². The van der Waals surface area contributed by atoms with Crippen LogP contribution in [0, 0.1) is 10.1 Å². The van der Waals surface area contributed by atoms with E-state index in [9.17, 15) is 10.1 Å². The van der Waals surface area contributed by atoms with Gasteiger partial charge in [-0.1, -0.05) is 29.6 Å². The summed E-state index contributed by atoms with van der Waals surface area (Å²) in [6.07, 6.45) is 4.94. The van der Waals surface area contributed by atoms with Gasteiger partial charge in [-0.15, -0.1) is 0 Å². The summed E-state index contributed by atoms with van der Waals surface area (Å²) >= 11 is 12.0. The van der Waals surface area contributed by atoms with Crippen molar-refractivity contribution in [2.24, 2.45) is 0 Å². The molecule has 0 radical (unpaired) electrons. The quantitative estimate of drug-likeness (QED) is 0.517. The number of anilines is 3. The molecule has 1 aliphatic rings. The van der Waals surface area contributed by atoms with Crippen molar-refractivity contribution >= 4 is 46.2 Å². The number of likely N-dealkylation sites (tertiary alicyclic amines) is 1. The molecule has 3 rings (SSSR count). The summed E-state index contributed by atoms with van der Waals surface area (Å²) in [5.41, 5.74) is 0.254. The van der Waals surface area contributed by atoms with Crippen molar-refractivity contribution in [3.8, 4) is 0 Å². The maximum atomic E-state index is 11.6. The fraction of sp³-hybridized carbons (Fsp3) is 0.412. The van der Waals surface area contributed by atoms with Gasteiger partial charge < -0.3 is 15.5 Å². The van der Waals surface area contributed by atoms with Crippen molar-refractivity contribution in [3.63, 3.8) is 0 Å². The van der Waals surface area contributed by atoms with Crippen LogP contribution in [0.5, 0.6) is 0 Å². The number of nitro groups is 1. The molecule has 2 aromatic rings. The predicted molar refractivity (Wildman–Crippen MR) is 107 cm³/mol. The molecule has 144 valence electrons. The molecule has 0 saturated carbocycles. The molecule has 0 unspecified atom stereocenters. The predicted octanol–water partition coefficient (Wildman–Crippen LogP) is 4.33. The number of halogens is 2. The maximum Gasteiger partial charge on any atom is 0.353 e. The lowest BCUT2D eigenvalue weighted by atomic mass is 10.1. The highest BCUT2D eigenvalue weighted by molar-refractivity contribution is 6.36. The number of hydrogen-bond donors (Lipinski definition) is 2. The van der Waals surface area contributed by atoms with Gasteiger partial charge in [0.1, 0.15) is 6.33 Å². The van der Waals surface area contributed by atoms with Crippen LogP contribution in [0.25, 0.3) is 0 Å². The Morgan fingerprint density at radius 3 is 2.59 bits per heavy atom. The SMILES string of the molecule is O=[N+]([O-])c1c(NCCN2CCCCC2)ncnc1Nc1ccc(Cl)cc1Cl. The Bertz CT molecular complexity index is 814. The van der Waals surface area contributed by atoms with Crippen molar-refractivity contribution < 1.29 is 4.92 Å². The van der Waals surface area contributed by atoms with Gasteiger partial charge in [-0.3, -0.25) is 10.1 Å². The molecular weight excluding hydrogens is 391 g/mol. The zero-order valence-electron chi connectivity index (χ0n) is 14.6. The molecule has 27 heavy (non-hydrogen) atoms. The van der Waals surface area contributed by atoms with Gasteiger partial charge in [-0.25, -0.2) is 9.97 Å². The summed E-state index contributed by atoms with van der Waals surface area (Å²) < 4.78 is 0. The van der Waals surface area contributed by atoms with E-state index in [2.05, 4.69) is 25.5 Å². The Balaban J connectivity index is 1.74. The number of rotatable bonds is 7. The molecule has 2 N–H and O–H groups in total. The van der Waals surface area contributed by atoms with E-state index in [-0.39, 0.29) is 17.3 Å².